The van der Waals surface area contributed by atoms with Crippen LogP contribution in [0, 0.1) is 0 Å². The molecule has 4 aromatic rings. The van der Waals surface area contributed by atoms with E-state index in [0.29, 0.717) is 37.2 Å². The number of hydrogen-bond donors (Lipinski definition) is 1. The minimum atomic E-state index is -0.626. The van der Waals surface area contributed by atoms with Gasteiger partial charge in [-0.2, -0.15) is 0 Å². The van der Waals surface area contributed by atoms with Crippen LogP contribution in [0.15, 0.2) is 88.1 Å². The van der Waals surface area contributed by atoms with Crippen molar-refractivity contribution in [3.63, 3.8) is 0 Å². The Kier molecular flexibility index (Phi) is 8.62. The highest BCUT2D eigenvalue weighted by atomic mass is 35.5. The molecule has 0 aliphatic carbocycles. The second-order valence-corrected chi connectivity index (χ2v) is 11.4. The summed E-state index contributed by atoms with van der Waals surface area (Å²) >= 11 is 19.7. The van der Waals surface area contributed by atoms with Crippen LogP contribution in [0.5, 0.6) is 0 Å². The van der Waals surface area contributed by atoms with Gasteiger partial charge in [-0.1, -0.05) is 77.8 Å². The molecule has 1 N–H and O–H groups in total. The van der Waals surface area contributed by atoms with E-state index in [1.807, 2.05) is 30.5 Å². The van der Waals surface area contributed by atoms with E-state index in [1.54, 1.807) is 37.3 Å². The summed E-state index contributed by atoms with van der Waals surface area (Å²) in [6.45, 7) is 4.60. The smallest absolute Gasteiger partial charge is 0.344 e. The number of thioether (sulfide) groups is 1. The van der Waals surface area contributed by atoms with Gasteiger partial charge in [-0.15, -0.1) is 0 Å². The standard InChI is InChI=1S/C31H25Cl3N2O3S/c1-3-19-6-5-7-23-20(17-36(28(19)23)16-18-8-13-24(33)25(34)14-18)15-26-29(37)27(31(38)39-4-2)30(40-26)35-22-11-9-21(32)10-12-22/h5-15,17,37H,3-4,16H2,1-2H3/b26-15-,35-30?. The number of aryl methyl sites for hydroxylation is 1. The number of carbonyl (C=O) groups excluding carboxylic acids is 1. The lowest BCUT2D eigenvalue weighted by Crippen LogP contribution is -2.12. The minimum Gasteiger partial charge on any atom is -0.506 e. The molecule has 40 heavy (non-hydrogen) atoms. The number of halogens is 3. The van der Waals surface area contributed by atoms with Crippen LogP contribution in [0.2, 0.25) is 15.1 Å². The molecule has 204 valence electrons. The van der Waals surface area contributed by atoms with Crippen molar-refractivity contribution in [3.05, 3.63) is 115 Å². The molecule has 9 heteroatoms. The lowest BCUT2D eigenvalue weighted by molar-refractivity contribution is -0.138. The van der Waals surface area contributed by atoms with Crippen LogP contribution in [0.4, 0.5) is 5.69 Å². The number of aliphatic hydroxyl groups is 1. The molecule has 0 bridgehead atoms. The number of ether oxygens (including phenoxy) is 1. The molecule has 0 unspecified atom stereocenters. The van der Waals surface area contributed by atoms with Crippen LogP contribution < -0.4 is 0 Å². The van der Waals surface area contributed by atoms with Gasteiger partial charge in [-0.3, -0.25) is 0 Å². The molecule has 5 nitrogen and oxygen atoms in total. The van der Waals surface area contributed by atoms with Crippen LogP contribution in [0.3, 0.4) is 0 Å². The Balaban J connectivity index is 1.61. The Labute approximate surface area is 251 Å². The number of carbonyl (C=O) groups is 1. The van der Waals surface area contributed by atoms with Crippen molar-refractivity contribution >= 4 is 80.2 Å². The molecule has 0 fully saturated rings. The van der Waals surface area contributed by atoms with Crippen molar-refractivity contribution in [2.24, 2.45) is 4.99 Å². The van der Waals surface area contributed by atoms with Gasteiger partial charge in [0.05, 0.1) is 32.8 Å². The van der Waals surface area contributed by atoms with E-state index in [0.717, 1.165) is 28.5 Å². The average Bonchev–Trinajstić information content (AvgIpc) is 3.44. The second kappa shape index (κ2) is 12.1. The summed E-state index contributed by atoms with van der Waals surface area (Å²) < 4.78 is 7.42. The van der Waals surface area contributed by atoms with E-state index in [4.69, 9.17) is 39.5 Å². The van der Waals surface area contributed by atoms with Gasteiger partial charge in [-0.25, -0.2) is 9.79 Å². The maximum Gasteiger partial charge on any atom is 0.344 e. The molecule has 0 amide bonds. The first-order chi connectivity index (χ1) is 19.3. The number of rotatable bonds is 7. The summed E-state index contributed by atoms with van der Waals surface area (Å²) in [7, 11) is 0. The number of nitrogens with zero attached hydrogens (tertiary/aromatic N) is 2. The normalized spacial score (nSPS) is 15.5. The van der Waals surface area contributed by atoms with Crippen LogP contribution in [0.25, 0.3) is 17.0 Å². The Hall–Kier alpha value is -3.16. The molecule has 0 radical (unpaired) electrons. The largest absolute Gasteiger partial charge is 0.506 e. The Morgan fingerprint density at radius 3 is 2.52 bits per heavy atom. The number of esters is 1. The van der Waals surface area contributed by atoms with Gasteiger partial charge >= 0.3 is 5.97 Å². The van der Waals surface area contributed by atoms with E-state index in [2.05, 4.69) is 28.6 Å². The molecule has 2 heterocycles. The van der Waals surface area contributed by atoms with Gasteiger partial charge < -0.3 is 14.4 Å². The molecule has 1 aromatic heterocycles. The van der Waals surface area contributed by atoms with Crippen molar-refractivity contribution in [2.45, 2.75) is 26.8 Å². The van der Waals surface area contributed by atoms with E-state index in [-0.39, 0.29) is 17.9 Å². The number of benzene rings is 3. The first-order valence-corrected chi connectivity index (χ1v) is 14.6. The van der Waals surface area contributed by atoms with Crippen molar-refractivity contribution in [1.29, 1.82) is 0 Å². The first kappa shape index (κ1) is 28.4. The van der Waals surface area contributed by atoms with Gasteiger partial charge in [0, 0.05) is 28.7 Å². The van der Waals surface area contributed by atoms with Crippen molar-refractivity contribution < 1.29 is 14.6 Å². The number of aliphatic imine (C=N–C) groups is 1. The second-order valence-electron chi connectivity index (χ2n) is 9.08. The van der Waals surface area contributed by atoms with Crippen molar-refractivity contribution in [2.75, 3.05) is 6.61 Å². The maximum atomic E-state index is 12.9. The monoisotopic (exact) mass is 610 g/mol. The third-order valence-corrected chi connectivity index (χ3v) is 8.46. The summed E-state index contributed by atoms with van der Waals surface area (Å²) in [5.41, 5.74) is 4.84. The van der Waals surface area contributed by atoms with Gasteiger partial charge in [0.1, 0.15) is 16.4 Å². The fraction of sp³-hybridized carbons (Fsp3) is 0.161. The lowest BCUT2D eigenvalue weighted by Gasteiger charge is -2.09. The van der Waals surface area contributed by atoms with Crippen molar-refractivity contribution in [3.8, 4) is 0 Å². The predicted octanol–water partition coefficient (Wildman–Crippen LogP) is 9.41. The first-order valence-electron chi connectivity index (χ1n) is 12.7. The van der Waals surface area contributed by atoms with Gasteiger partial charge in [0.2, 0.25) is 0 Å². The van der Waals surface area contributed by atoms with E-state index in [9.17, 15) is 9.90 Å². The summed E-state index contributed by atoms with van der Waals surface area (Å²) in [6, 6.07) is 18.8. The van der Waals surface area contributed by atoms with Crippen LogP contribution in [-0.2, 0) is 22.5 Å². The highest BCUT2D eigenvalue weighted by Gasteiger charge is 2.33. The predicted molar refractivity (Wildman–Crippen MR) is 167 cm³/mol. The number of hydrogen-bond acceptors (Lipinski definition) is 5. The number of fused-ring (bicyclic) bond motifs is 1. The molecule has 3 aromatic carbocycles. The highest BCUT2D eigenvalue weighted by Crippen LogP contribution is 2.41. The molecule has 1 aliphatic rings. The van der Waals surface area contributed by atoms with Crippen LogP contribution in [-0.4, -0.2) is 27.3 Å². The molecule has 0 spiro atoms. The molecular formula is C31H25Cl3N2O3S. The van der Waals surface area contributed by atoms with E-state index >= 15 is 0 Å². The van der Waals surface area contributed by atoms with Crippen LogP contribution in [0.1, 0.15) is 30.5 Å². The zero-order chi connectivity index (χ0) is 28.4. The third-order valence-electron chi connectivity index (χ3n) is 6.44. The Bertz CT molecular complexity index is 1710. The van der Waals surface area contributed by atoms with Gasteiger partial charge in [0.15, 0.2) is 0 Å². The van der Waals surface area contributed by atoms with Crippen LogP contribution >= 0.6 is 46.6 Å². The number of aromatic nitrogens is 1. The molecule has 0 atom stereocenters. The average molecular weight is 612 g/mol. The van der Waals surface area contributed by atoms with Crippen molar-refractivity contribution in [1.82, 2.24) is 4.57 Å². The molecular weight excluding hydrogens is 587 g/mol. The zero-order valence-corrected chi connectivity index (χ0v) is 24.8. The SMILES string of the molecule is CCOC(=O)C1=C(O)/C(=C/c2cn(Cc3ccc(Cl)c(Cl)c3)c3c(CC)cccc23)SC1=Nc1ccc(Cl)cc1. The third kappa shape index (κ3) is 5.81. The van der Waals surface area contributed by atoms with E-state index in [1.165, 1.54) is 17.3 Å². The summed E-state index contributed by atoms with van der Waals surface area (Å²) in [4.78, 5) is 18.0. The molecule has 0 saturated heterocycles. The fourth-order valence-corrected chi connectivity index (χ4v) is 6.06. The quantitative estimate of drug-likeness (QED) is 0.212. The molecule has 1 aliphatic heterocycles. The lowest BCUT2D eigenvalue weighted by atomic mass is 10.1. The number of aliphatic hydroxyl groups excluding tert-OH is 1. The number of para-hydroxylation sites is 1. The Morgan fingerprint density at radius 1 is 1.05 bits per heavy atom. The van der Waals surface area contributed by atoms with E-state index < -0.39 is 5.97 Å². The Morgan fingerprint density at radius 2 is 1.82 bits per heavy atom. The summed E-state index contributed by atoms with van der Waals surface area (Å²) in [6.07, 6.45) is 4.78. The van der Waals surface area contributed by atoms with Gasteiger partial charge in [-0.05, 0) is 66.9 Å². The topological polar surface area (TPSA) is 63.8 Å². The maximum absolute atomic E-state index is 12.9. The van der Waals surface area contributed by atoms with Gasteiger partial charge in [0.25, 0.3) is 0 Å². The highest BCUT2D eigenvalue weighted by molar-refractivity contribution is 8.18. The zero-order valence-electron chi connectivity index (χ0n) is 21.7. The summed E-state index contributed by atoms with van der Waals surface area (Å²) in [5.74, 6) is -0.785. The molecule has 0 saturated carbocycles. The minimum absolute atomic E-state index is 0.0434. The fourth-order valence-electron chi connectivity index (χ4n) is 4.59. The molecule has 5 rings (SSSR count). The summed E-state index contributed by atoms with van der Waals surface area (Å²) in [5, 5.41) is 14.2.